The zero-order valence-electron chi connectivity index (χ0n) is 18.1. The van der Waals surface area contributed by atoms with Gasteiger partial charge in [-0.25, -0.2) is 0 Å². The van der Waals surface area contributed by atoms with E-state index in [1.54, 1.807) is 11.0 Å². The Morgan fingerprint density at radius 3 is 2.39 bits per heavy atom. The number of hydrogen-bond donors (Lipinski definition) is 4. The number of anilines is 1. The van der Waals surface area contributed by atoms with Gasteiger partial charge in [-0.1, -0.05) is 32.6 Å². The molecule has 8 heteroatoms. The van der Waals surface area contributed by atoms with Gasteiger partial charge in [-0.2, -0.15) is 0 Å². The highest BCUT2D eigenvalue weighted by molar-refractivity contribution is 6.07. The van der Waals surface area contributed by atoms with Gasteiger partial charge in [0.1, 0.15) is 11.5 Å². The third-order valence-electron chi connectivity index (χ3n) is 5.41. The van der Waals surface area contributed by atoms with E-state index < -0.39 is 0 Å². The maximum atomic E-state index is 10.5. The lowest BCUT2D eigenvalue weighted by Gasteiger charge is -2.28. The van der Waals surface area contributed by atoms with E-state index in [1.807, 2.05) is 38.1 Å². The molecule has 1 heterocycles. The molecule has 1 aliphatic heterocycles. The molecule has 0 radical (unpaired) electrons. The standard InChI is InChI=1S/C23H31N5O3/c1-15(2)19-12-20(22(30)13-21(19)29)16(3)28(23(24)26-25)18-6-4-17(5-7-18)14-27-8-10-31-11-9-27/h4-7,12-13,15,29-30H,3,8-11,14,25H2,1-2H3,(H2,24,26). The van der Waals surface area contributed by atoms with Crippen molar-refractivity contribution >= 4 is 17.3 Å². The minimum atomic E-state index is -0.106. The van der Waals surface area contributed by atoms with E-state index in [4.69, 9.17) is 16.3 Å². The van der Waals surface area contributed by atoms with Gasteiger partial charge in [0.15, 0.2) is 0 Å². The van der Waals surface area contributed by atoms with Crippen LogP contribution in [0.25, 0.3) is 5.70 Å². The van der Waals surface area contributed by atoms with Crippen molar-refractivity contribution in [3.8, 4) is 11.5 Å². The summed E-state index contributed by atoms with van der Waals surface area (Å²) in [5.74, 6) is 5.49. The highest BCUT2D eigenvalue weighted by atomic mass is 16.5. The number of hydrogen-bond acceptors (Lipinski definition) is 6. The number of phenols is 2. The van der Waals surface area contributed by atoms with E-state index in [1.165, 1.54) is 6.07 Å². The Morgan fingerprint density at radius 2 is 1.81 bits per heavy atom. The molecule has 0 aliphatic carbocycles. The molecule has 8 nitrogen and oxygen atoms in total. The van der Waals surface area contributed by atoms with Crippen LogP contribution >= 0.6 is 0 Å². The van der Waals surface area contributed by atoms with Crippen molar-refractivity contribution in [1.29, 1.82) is 0 Å². The maximum absolute atomic E-state index is 10.5. The van der Waals surface area contributed by atoms with E-state index >= 15 is 0 Å². The topological polar surface area (TPSA) is 121 Å². The van der Waals surface area contributed by atoms with Crippen LogP contribution in [-0.2, 0) is 11.3 Å². The van der Waals surface area contributed by atoms with Crippen molar-refractivity contribution in [3.05, 3.63) is 59.7 Å². The second-order valence-electron chi connectivity index (χ2n) is 7.91. The molecule has 2 aromatic rings. The molecule has 2 aromatic carbocycles. The lowest BCUT2D eigenvalue weighted by atomic mass is 9.97. The summed E-state index contributed by atoms with van der Waals surface area (Å²) in [5, 5.41) is 24.3. The van der Waals surface area contributed by atoms with Crippen LogP contribution in [0, 0.1) is 0 Å². The van der Waals surface area contributed by atoms with E-state index in [0.29, 0.717) is 22.5 Å². The molecule has 0 aromatic heterocycles. The van der Waals surface area contributed by atoms with Crippen molar-refractivity contribution < 1.29 is 14.9 Å². The first kappa shape index (κ1) is 22.5. The van der Waals surface area contributed by atoms with Crippen LogP contribution in [0.15, 0.2) is 48.1 Å². The number of ether oxygens (including phenoxy) is 1. The van der Waals surface area contributed by atoms with Gasteiger partial charge in [-0.3, -0.25) is 9.80 Å². The number of morpholine rings is 1. The third kappa shape index (κ3) is 5.10. The van der Waals surface area contributed by atoms with Gasteiger partial charge < -0.3 is 26.5 Å². The van der Waals surface area contributed by atoms with Crippen molar-refractivity contribution in [1.82, 2.24) is 4.90 Å². The van der Waals surface area contributed by atoms with Crippen LogP contribution in [0.1, 0.15) is 36.5 Å². The number of aromatic hydroxyl groups is 2. The first-order valence-corrected chi connectivity index (χ1v) is 10.3. The van der Waals surface area contributed by atoms with E-state index in [9.17, 15) is 10.2 Å². The molecule has 1 aliphatic rings. The fourth-order valence-corrected chi connectivity index (χ4v) is 3.66. The summed E-state index contributed by atoms with van der Waals surface area (Å²) in [4.78, 5) is 3.92. The number of nitrogens with zero attached hydrogens (tertiary/aromatic N) is 3. The largest absolute Gasteiger partial charge is 0.508 e. The van der Waals surface area contributed by atoms with Gasteiger partial charge in [0.05, 0.1) is 18.9 Å². The third-order valence-corrected chi connectivity index (χ3v) is 5.41. The molecule has 0 amide bonds. The van der Waals surface area contributed by atoms with Gasteiger partial charge in [0.2, 0.25) is 5.96 Å². The molecule has 0 spiro atoms. The summed E-state index contributed by atoms with van der Waals surface area (Å²) in [7, 11) is 0. The van der Waals surface area contributed by atoms with Crippen LogP contribution in [0.5, 0.6) is 11.5 Å². The van der Waals surface area contributed by atoms with Gasteiger partial charge in [0.25, 0.3) is 0 Å². The first-order valence-electron chi connectivity index (χ1n) is 10.3. The predicted octanol–water partition coefficient (Wildman–Crippen LogP) is 2.72. The summed E-state index contributed by atoms with van der Waals surface area (Å²) in [6, 6.07) is 10.9. The number of benzene rings is 2. The lowest BCUT2D eigenvalue weighted by Crippen LogP contribution is -2.37. The molecule has 0 unspecified atom stereocenters. The average molecular weight is 426 g/mol. The van der Waals surface area contributed by atoms with Crippen LogP contribution in [0.4, 0.5) is 5.69 Å². The van der Waals surface area contributed by atoms with Crippen LogP contribution in [-0.4, -0.2) is 47.4 Å². The smallest absolute Gasteiger partial charge is 0.222 e. The molecule has 31 heavy (non-hydrogen) atoms. The molecule has 166 valence electrons. The molecule has 0 bridgehead atoms. The van der Waals surface area contributed by atoms with Crippen molar-refractivity contribution in [2.45, 2.75) is 26.3 Å². The predicted molar refractivity (Wildman–Crippen MR) is 124 cm³/mol. The molecular formula is C23H31N5O3. The monoisotopic (exact) mass is 425 g/mol. The summed E-state index contributed by atoms with van der Waals surface area (Å²) >= 11 is 0. The van der Waals surface area contributed by atoms with E-state index in [0.717, 1.165) is 38.4 Å². The Morgan fingerprint density at radius 1 is 1.16 bits per heavy atom. The van der Waals surface area contributed by atoms with Crippen LogP contribution in [0.3, 0.4) is 0 Å². The highest BCUT2D eigenvalue weighted by Crippen LogP contribution is 2.37. The van der Waals surface area contributed by atoms with Gasteiger partial charge in [0, 0.05) is 37.0 Å². The van der Waals surface area contributed by atoms with Gasteiger partial charge in [-0.05, 0) is 35.2 Å². The molecule has 3 rings (SSSR count). The summed E-state index contributed by atoms with van der Waals surface area (Å²) in [6.07, 6.45) is 0. The van der Waals surface area contributed by atoms with E-state index in [-0.39, 0.29) is 23.4 Å². The Kier molecular flexibility index (Phi) is 7.04. The number of nitrogens with two attached hydrogens (primary N) is 2. The summed E-state index contributed by atoms with van der Waals surface area (Å²) in [6.45, 7) is 12.2. The molecule has 6 N–H and O–H groups in total. The number of guanidine groups is 1. The number of phenolic OH excluding ortho intramolecular Hbond substituents is 2. The minimum Gasteiger partial charge on any atom is -0.508 e. The molecular weight excluding hydrogens is 394 g/mol. The van der Waals surface area contributed by atoms with Crippen LogP contribution < -0.4 is 16.5 Å². The SMILES string of the molecule is C=C(c1cc(C(C)C)c(O)cc1O)N(/C(N)=N\N)c1ccc(CN2CCOCC2)cc1. The number of rotatable bonds is 6. The molecule has 1 fully saturated rings. The van der Waals surface area contributed by atoms with Crippen molar-refractivity contribution in [2.75, 3.05) is 31.2 Å². The molecule has 0 saturated carbocycles. The Hall–Kier alpha value is -3.23. The highest BCUT2D eigenvalue weighted by Gasteiger charge is 2.21. The second-order valence-corrected chi connectivity index (χ2v) is 7.91. The summed E-state index contributed by atoms with van der Waals surface area (Å²) in [5.41, 5.74) is 9.48. The van der Waals surface area contributed by atoms with Crippen LogP contribution in [0.2, 0.25) is 0 Å². The Balaban J connectivity index is 1.90. The fourth-order valence-electron chi connectivity index (χ4n) is 3.66. The Bertz CT molecular complexity index is 950. The van der Waals surface area contributed by atoms with Gasteiger partial charge >= 0.3 is 0 Å². The minimum absolute atomic E-state index is 0.0310. The lowest BCUT2D eigenvalue weighted by molar-refractivity contribution is 0.0342. The maximum Gasteiger partial charge on any atom is 0.222 e. The quantitative estimate of drug-likeness (QED) is 0.243. The normalized spacial score (nSPS) is 15.3. The molecule has 0 atom stereocenters. The molecule has 1 saturated heterocycles. The van der Waals surface area contributed by atoms with Crippen molar-refractivity contribution in [2.24, 2.45) is 16.7 Å². The zero-order chi connectivity index (χ0) is 22.5. The van der Waals surface area contributed by atoms with E-state index in [2.05, 4.69) is 16.6 Å². The average Bonchev–Trinajstić information content (AvgIpc) is 2.75. The fraction of sp³-hybridized carbons (Fsp3) is 0.348. The first-order chi connectivity index (χ1) is 14.8. The number of hydrazone groups is 1. The summed E-state index contributed by atoms with van der Waals surface area (Å²) < 4.78 is 5.40. The zero-order valence-corrected chi connectivity index (χ0v) is 18.1. The van der Waals surface area contributed by atoms with Gasteiger partial charge in [-0.15, -0.1) is 5.10 Å². The second kappa shape index (κ2) is 9.72. The Labute approximate surface area is 183 Å². The van der Waals surface area contributed by atoms with Crippen molar-refractivity contribution in [3.63, 3.8) is 0 Å².